The second kappa shape index (κ2) is 5.13. The molecule has 10 heteroatoms. The van der Waals surface area contributed by atoms with Crippen molar-refractivity contribution in [3.63, 3.8) is 0 Å². The van der Waals surface area contributed by atoms with Crippen molar-refractivity contribution in [2.45, 2.75) is 9.79 Å². The molecule has 0 aliphatic carbocycles. The summed E-state index contributed by atoms with van der Waals surface area (Å²) in [6, 6.07) is 4.74. The molecule has 3 N–H and O–H groups in total. The maximum absolute atomic E-state index is 12.3. The first kappa shape index (κ1) is 14.9. The van der Waals surface area contributed by atoms with Crippen molar-refractivity contribution in [2.75, 3.05) is 19.6 Å². The van der Waals surface area contributed by atoms with Crippen molar-refractivity contribution in [2.24, 2.45) is 5.14 Å². The number of primary sulfonamides is 1. The first-order valence-electron chi connectivity index (χ1n) is 5.61. The molecule has 1 aliphatic heterocycles. The number of carbonyl (C=O) groups excluding carboxylic acids is 1. The van der Waals surface area contributed by atoms with Gasteiger partial charge in [0.05, 0.1) is 16.3 Å². The molecule has 1 amide bonds. The molecule has 20 heavy (non-hydrogen) atoms. The number of nitrogens with two attached hydrogens (primary N) is 1. The van der Waals surface area contributed by atoms with E-state index in [0.29, 0.717) is 0 Å². The number of nitrogens with zero attached hydrogens (tertiary/aromatic N) is 1. The number of benzene rings is 1. The molecule has 1 heterocycles. The lowest BCUT2D eigenvalue weighted by molar-refractivity contribution is -0.122. The Balaban J connectivity index is 2.42. The van der Waals surface area contributed by atoms with Gasteiger partial charge in [0.25, 0.3) is 0 Å². The molecule has 110 valence electrons. The molecule has 2 rings (SSSR count). The summed E-state index contributed by atoms with van der Waals surface area (Å²) in [6.45, 7) is 0.0581. The lowest BCUT2D eigenvalue weighted by atomic mass is 10.4. The molecule has 1 aromatic rings. The molecule has 8 nitrogen and oxygen atoms in total. The van der Waals surface area contributed by atoms with Gasteiger partial charge in [0.2, 0.25) is 26.0 Å². The average Bonchev–Trinajstić information content (AvgIpc) is 2.38. The molecule has 0 unspecified atom stereocenters. The molecule has 1 aliphatic rings. The van der Waals surface area contributed by atoms with Gasteiger partial charge >= 0.3 is 0 Å². The van der Waals surface area contributed by atoms with E-state index in [1.54, 1.807) is 0 Å². The van der Waals surface area contributed by atoms with E-state index in [1.807, 2.05) is 0 Å². The second-order valence-corrected chi connectivity index (χ2v) is 7.71. The van der Waals surface area contributed by atoms with Crippen LogP contribution in [0.3, 0.4) is 0 Å². The van der Waals surface area contributed by atoms with Gasteiger partial charge in [-0.15, -0.1) is 0 Å². The molecule has 1 saturated heterocycles. The van der Waals surface area contributed by atoms with E-state index in [0.717, 1.165) is 10.4 Å². The fourth-order valence-electron chi connectivity index (χ4n) is 1.78. The average molecular weight is 319 g/mol. The molecular weight excluding hydrogens is 306 g/mol. The topological polar surface area (TPSA) is 127 Å². The van der Waals surface area contributed by atoms with Crippen LogP contribution in [0.5, 0.6) is 0 Å². The van der Waals surface area contributed by atoms with E-state index in [2.05, 4.69) is 5.32 Å². The molecule has 0 bridgehead atoms. The van der Waals surface area contributed by atoms with Crippen LogP contribution >= 0.6 is 0 Å². The summed E-state index contributed by atoms with van der Waals surface area (Å²) in [4.78, 5) is 10.7. The van der Waals surface area contributed by atoms with Crippen LogP contribution in [-0.2, 0) is 24.8 Å². The van der Waals surface area contributed by atoms with Gasteiger partial charge in [-0.05, 0) is 18.2 Å². The Bertz CT molecular complexity index is 742. The quantitative estimate of drug-likeness (QED) is 0.697. The zero-order chi connectivity index (χ0) is 15.0. The monoisotopic (exact) mass is 319 g/mol. The first-order chi connectivity index (χ1) is 9.21. The molecule has 1 fully saturated rings. The van der Waals surface area contributed by atoms with E-state index in [4.69, 9.17) is 5.14 Å². The fourth-order valence-corrected chi connectivity index (χ4v) is 3.86. The SMILES string of the molecule is NS(=O)(=O)c1cccc(S(=O)(=O)N2CCNC(=O)C2)c1. The van der Waals surface area contributed by atoms with Gasteiger partial charge in [-0.2, -0.15) is 4.31 Å². The molecule has 0 radical (unpaired) electrons. The third kappa shape index (κ3) is 2.98. The van der Waals surface area contributed by atoms with Crippen molar-refractivity contribution in [1.82, 2.24) is 9.62 Å². The van der Waals surface area contributed by atoms with E-state index in [9.17, 15) is 21.6 Å². The fraction of sp³-hybridized carbons (Fsp3) is 0.300. The van der Waals surface area contributed by atoms with Crippen molar-refractivity contribution < 1.29 is 21.6 Å². The largest absolute Gasteiger partial charge is 0.354 e. The highest BCUT2D eigenvalue weighted by atomic mass is 32.2. The highest BCUT2D eigenvalue weighted by molar-refractivity contribution is 7.90. The Morgan fingerprint density at radius 2 is 1.80 bits per heavy atom. The Kier molecular flexibility index (Phi) is 3.82. The minimum Gasteiger partial charge on any atom is -0.354 e. The third-order valence-corrected chi connectivity index (χ3v) is 5.53. The van der Waals surface area contributed by atoms with Gasteiger partial charge < -0.3 is 5.32 Å². The van der Waals surface area contributed by atoms with Crippen molar-refractivity contribution in [3.05, 3.63) is 24.3 Å². The summed E-state index contributed by atoms with van der Waals surface area (Å²) in [6.07, 6.45) is 0. The highest BCUT2D eigenvalue weighted by Gasteiger charge is 2.29. The zero-order valence-corrected chi connectivity index (χ0v) is 11.9. The Hall–Kier alpha value is -1.49. The summed E-state index contributed by atoms with van der Waals surface area (Å²) in [5.74, 6) is -0.401. The Labute approximate surface area is 116 Å². The molecule has 0 atom stereocenters. The first-order valence-corrected chi connectivity index (χ1v) is 8.59. The molecule has 0 aromatic heterocycles. The number of carbonyl (C=O) groups is 1. The van der Waals surface area contributed by atoms with E-state index in [1.165, 1.54) is 18.2 Å². The number of amides is 1. The minimum absolute atomic E-state index is 0.133. The van der Waals surface area contributed by atoms with Crippen LogP contribution in [0.15, 0.2) is 34.1 Å². The molecule has 1 aromatic carbocycles. The predicted octanol–water partition coefficient (Wildman–Crippen LogP) is -1.55. The van der Waals surface area contributed by atoms with Crippen LogP contribution in [0.25, 0.3) is 0 Å². The molecule has 0 spiro atoms. The number of hydrogen-bond acceptors (Lipinski definition) is 5. The van der Waals surface area contributed by atoms with Gasteiger partial charge in [-0.25, -0.2) is 22.0 Å². The van der Waals surface area contributed by atoms with Crippen molar-refractivity contribution in [3.8, 4) is 0 Å². The van der Waals surface area contributed by atoms with Gasteiger partial charge in [-0.1, -0.05) is 6.07 Å². The number of nitrogens with one attached hydrogen (secondary N) is 1. The number of hydrogen-bond donors (Lipinski definition) is 2. The minimum atomic E-state index is -3.99. The van der Waals surface area contributed by atoms with Crippen LogP contribution < -0.4 is 10.5 Å². The standard InChI is InChI=1S/C10H13N3O5S2/c11-19(15,16)8-2-1-3-9(6-8)20(17,18)13-5-4-12-10(14)7-13/h1-3,6H,4-5,7H2,(H,12,14)(H2,11,15,16). The van der Waals surface area contributed by atoms with Gasteiger partial charge in [0, 0.05) is 13.1 Å². The van der Waals surface area contributed by atoms with Crippen molar-refractivity contribution in [1.29, 1.82) is 0 Å². The number of sulfonamides is 2. The van der Waals surface area contributed by atoms with Gasteiger partial charge in [0.15, 0.2) is 0 Å². The Morgan fingerprint density at radius 1 is 1.15 bits per heavy atom. The van der Waals surface area contributed by atoms with E-state index in [-0.39, 0.29) is 29.4 Å². The zero-order valence-electron chi connectivity index (χ0n) is 10.3. The van der Waals surface area contributed by atoms with E-state index < -0.39 is 26.0 Å². The maximum atomic E-state index is 12.3. The van der Waals surface area contributed by atoms with Crippen LogP contribution in [0.2, 0.25) is 0 Å². The van der Waals surface area contributed by atoms with E-state index >= 15 is 0 Å². The maximum Gasteiger partial charge on any atom is 0.243 e. The molecule has 0 saturated carbocycles. The second-order valence-electron chi connectivity index (χ2n) is 4.21. The van der Waals surface area contributed by atoms with Gasteiger partial charge in [-0.3, -0.25) is 4.79 Å². The third-order valence-electron chi connectivity index (χ3n) is 2.78. The summed E-state index contributed by atoms with van der Waals surface area (Å²) in [5.41, 5.74) is 0. The summed E-state index contributed by atoms with van der Waals surface area (Å²) >= 11 is 0. The van der Waals surface area contributed by atoms with Crippen molar-refractivity contribution >= 4 is 26.0 Å². The summed E-state index contributed by atoms with van der Waals surface area (Å²) < 4.78 is 48.1. The lowest BCUT2D eigenvalue weighted by Gasteiger charge is -2.25. The normalized spacial score (nSPS) is 17.8. The number of rotatable bonds is 3. The lowest BCUT2D eigenvalue weighted by Crippen LogP contribution is -2.49. The summed E-state index contributed by atoms with van der Waals surface area (Å²) in [5, 5.41) is 7.48. The van der Waals surface area contributed by atoms with Crippen LogP contribution in [-0.4, -0.2) is 46.7 Å². The summed E-state index contributed by atoms with van der Waals surface area (Å²) in [7, 11) is -7.91. The van der Waals surface area contributed by atoms with Gasteiger partial charge in [0.1, 0.15) is 0 Å². The predicted molar refractivity (Wildman–Crippen MR) is 69.6 cm³/mol. The molecular formula is C10H13N3O5S2. The highest BCUT2D eigenvalue weighted by Crippen LogP contribution is 2.19. The van der Waals surface area contributed by atoms with Crippen LogP contribution in [0.1, 0.15) is 0 Å². The Morgan fingerprint density at radius 3 is 2.40 bits per heavy atom. The number of piperazine rings is 1. The smallest absolute Gasteiger partial charge is 0.243 e. The van der Waals surface area contributed by atoms with Crippen LogP contribution in [0.4, 0.5) is 0 Å². The van der Waals surface area contributed by atoms with Crippen LogP contribution in [0, 0.1) is 0 Å².